The van der Waals surface area contributed by atoms with Crippen LogP contribution in [0.1, 0.15) is 26.7 Å². The van der Waals surface area contributed by atoms with Gasteiger partial charge in [-0.05, 0) is 12.8 Å². The summed E-state index contributed by atoms with van der Waals surface area (Å²) in [7, 11) is 0. The molecule has 0 fully saturated rings. The number of hydrogen-bond donors (Lipinski definition) is 3. The quantitative estimate of drug-likeness (QED) is 0.538. The second-order valence-electron chi connectivity index (χ2n) is 3.11. The van der Waals surface area contributed by atoms with Crippen molar-refractivity contribution in [1.29, 1.82) is 0 Å². The van der Waals surface area contributed by atoms with Crippen LogP contribution in [-0.2, 0) is 9.59 Å². The van der Waals surface area contributed by atoms with Gasteiger partial charge in [0, 0.05) is 13.5 Å². The van der Waals surface area contributed by atoms with Crippen LogP contribution in [0, 0.1) is 0 Å². The van der Waals surface area contributed by atoms with E-state index >= 15 is 0 Å². The smallest absolute Gasteiger partial charge is 0.239 e. The second-order valence-corrected chi connectivity index (χ2v) is 3.11. The lowest BCUT2D eigenvalue weighted by Crippen LogP contribution is -2.37. The maximum Gasteiger partial charge on any atom is 0.239 e. The van der Waals surface area contributed by atoms with Gasteiger partial charge in [-0.2, -0.15) is 0 Å². The van der Waals surface area contributed by atoms with Crippen LogP contribution in [0.25, 0.3) is 0 Å². The van der Waals surface area contributed by atoms with Crippen molar-refractivity contribution in [1.82, 2.24) is 10.6 Å². The molecule has 0 spiro atoms. The zero-order valence-electron chi connectivity index (χ0n) is 8.67. The van der Waals surface area contributed by atoms with E-state index in [1.807, 2.05) is 6.92 Å². The number of carbonyl (C=O) groups excluding carboxylic acids is 2. The number of nitrogens with one attached hydrogen (secondary N) is 2. The Morgan fingerprint density at radius 2 is 2.00 bits per heavy atom. The van der Waals surface area contributed by atoms with Crippen LogP contribution in [0.5, 0.6) is 0 Å². The Morgan fingerprint density at radius 1 is 1.36 bits per heavy atom. The van der Waals surface area contributed by atoms with Gasteiger partial charge in [-0.15, -0.1) is 0 Å². The molecule has 3 N–H and O–H groups in total. The molecule has 0 heterocycles. The molecule has 5 nitrogen and oxygen atoms in total. The van der Waals surface area contributed by atoms with E-state index < -0.39 is 0 Å². The number of hydrogen-bond acceptors (Lipinski definition) is 3. The Balaban J connectivity index is 3.40. The maximum absolute atomic E-state index is 11.0. The molecule has 0 aliphatic rings. The highest BCUT2D eigenvalue weighted by Gasteiger charge is 2.03. The number of aliphatic hydroxyl groups is 1. The highest BCUT2D eigenvalue weighted by atomic mass is 16.3. The van der Waals surface area contributed by atoms with Crippen LogP contribution >= 0.6 is 0 Å². The van der Waals surface area contributed by atoms with Gasteiger partial charge in [0.05, 0.1) is 12.6 Å². The molecule has 0 bridgehead atoms. The highest BCUT2D eigenvalue weighted by molar-refractivity contribution is 5.83. The Labute approximate surface area is 83.9 Å². The van der Waals surface area contributed by atoms with E-state index in [0.29, 0.717) is 19.4 Å². The summed E-state index contributed by atoms with van der Waals surface area (Å²) in [6.45, 7) is 3.67. The van der Waals surface area contributed by atoms with Gasteiger partial charge >= 0.3 is 0 Å². The molecule has 2 amide bonds. The Kier molecular flexibility index (Phi) is 6.74. The summed E-state index contributed by atoms with van der Waals surface area (Å²) in [6.07, 6.45) is 0.861. The number of aliphatic hydroxyl groups excluding tert-OH is 1. The molecule has 0 aromatic heterocycles. The Morgan fingerprint density at radius 3 is 2.50 bits per heavy atom. The summed E-state index contributed by atoms with van der Waals surface area (Å²) in [6, 6.07) is 0. The third-order valence-electron chi connectivity index (χ3n) is 1.77. The topological polar surface area (TPSA) is 78.4 Å². The fourth-order valence-corrected chi connectivity index (χ4v) is 0.850. The Bertz CT molecular complexity index is 194. The van der Waals surface area contributed by atoms with Crippen molar-refractivity contribution in [3.63, 3.8) is 0 Å². The van der Waals surface area contributed by atoms with E-state index in [1.165, 1.54) is 6.92 Å². The van der Waals surface area contributed by atoms with Crippen molar-refractivity contribution in [2.45, 2.75) is 32.8 Å². The first-order valence-corrected chi connectivity index (χ1v) is 4.75. The monoisotopic (exact) mass is 202 g/mol. The van der Waals surface area contributed by atoms with Crippen molar-refractivity contribution < 1.29 is 14.7 Å². The van der Waals surface area contributed by atoms with E-state index in [1.54, 1.807) is 0 Å². The van der Waals surface area contributed by atoms with E-state index in [0.717, 1.165) is 0 Å². The van der Waals surface area contributed by atoms with Gasteiger partial charge < -0.3 is 15.7 Å². The van der Waals surface area contributed by atoms with Gasteiger partial charge in [-0.3, -0.25) is 9.59 Å². The van der Waals surface area contributed by atoms with E-state index in [9.17, 15) is 9.59 Å². The van der Waals surface area contributed by atoms with Crippen molar-refractivity contribution in [2.75, 3.05) is 13.1 Å². The second kappa shape index (κ2) is 7.32. The summed E-state index contributed by atoms with van der Waals surface area (Å²) < 4.78 is 0. The predicted molar refractivity (Wildman–Crippen MR) is 52.6 cm³/mol. The minimum absolute atomic E-state index is 0.00243. The van der Waals surface area contributed by atoms with Crippen LogP contribution in [0.2, 0.25) is 0 Å². The summed E-state index contributed by atoms with van der Waals surface area (Å²) in [5.41, 5.74) is 0. The molecule has 0 aromatic rings. The number of rotatable bonds is 6. The van der Waals surface area contributed by atoms with E-state index in [-0.39, 0.29) is 24.5 Å². The third kappa shape index (κ3) is 7.54. The minimum Gasteiger partial charge on any atom is -0.393 e. The fraction of sp³-hybridized carbons (Fsp3) is 0.778. The molecular weight excluding hydrogens is 184 g/mol. The molecule has 0 aliphatic carbocycles. The average molecular weight is 202 g/mol. The van der Waals surface area contributed by atoms with E-state index in [2.05, 4.69) is 10.6 Å². The van der Waals surface area contributed by atoms with E-state index in [4.69, 9.17) is 5.11 Å². The summed E-state index contributed by atoms with van der Waals surface area (Å²) >= 11 is 0. The third-order valence-corrected chi connectivity index (χ3v) is 1.77. The number of amides is 2. The van der Waals surface area contributed by atoms with Crippen LogP contribution in [-0.4, -0.2) is 36.1 Å². The largest absolute Gasteiger partial charge is 0.393 e. The molecule has 0 rings (SSSR count). The first-order chi connectivity index (χ1) is 6.56. The zero-order valence-corrected chi connectivity index (χ0v) is 8.67. The first kappa shape index (κ1) is 12.9. The van der Waals surface area contributed by atoms with Gasteiger partial charge in [0.2, 0.25) is 11.8 Å². The molecule has 1 atom stereocenters. The molecule has 0 saturated heterocycles. The van der Waals surface area contributed by atoms with Crippen molar-refractivity contribution in [2.24, 2.45) is 0 Å². The lowest BCUT2D eigenvalue weighted by Gasteiger charge is -2.08. The van der Waals surface area contributed by atoms with Gasteiger partial charge in [0.1, 0.15) is 0 Å². The average Bonchev–Trinajstić information content (AvgIpc) is 2.14. The standard InChI is InChI=1S/C9H18N2O3/c1-3-8(13)4-5-10-9(14)6-11-7(2)12/h8,13H,3-6H2,1-2H3,(H,10,14)(H,11,12). The maximum atomic E-state index is 11.0. The molecule has 1 unspecified atom stereocenters. The molecule has 82 valence electrons. The SMILES string of the molecule is CCC(O)CCNC(=O)CNC(C)=O. The fourth-order valence-electron chi connectivity index (χ4n) is 0.850. The van der Waals surface area contributed by atoms with Gasteiger partial charge in [0.25, 0.3) is 0 Å². The van der Waals surface area contributed by atoms with Crippen molar-refractivity contribution in [3.8, 4) is 0 Å². The minimum atomic E-state index is -0.365. The van der Waals surface area contributed by atoms with Crippen LogP contribution in [0.15, 0.2) is 0 Å². The molecule has 5 heteroatoms. The molecule has 0 saturated carbocycles. The molecule has 0 radical (unpaired) electrons. The molecule has 14 heavy (non-hydrogen) atoms. The van der Waals surface area contributed by atoms with Gasteiger partial charge in [-0.1, -0.05) is 6.92 Å². The summed E-state index contributed by atoms with van der Waals surface area (Å²) in [5, 5.41) is 14.1. The molecule has 0 aromatic carbocycles. The van der Waals surface area contributed by atoms with Gasteiger partial charge in [-0.25, -0.2) is 0 Å². The summed E-state index contributed by atoms with van der Waals surface area (Å²) in [5.74, 6) is -0.461. The normalized spacial score (nSPS) is 11.9. The van der Waals surface area contributed by atoms with Crippen LogP contribution < -0.4 is 10.6 Å². The highest BCUT2D eigenvalue weighted by Crippen LogP contribution is 1.93. The van der Waals surface area contributed by atoms with Gasteiger partial charge in [0.15, 0.2) is 0 Å². The lowest BCUT2D eigenvalue weighted by molar-refractivity contribution is -0.125. The van der Waals surface area contributed by atoms with Crippen molar-refractivity contribution >= 4 is 11.8 Å². The summed E-state index contributed by atoms with van der Waals surface area (Å²) in [4.78, 5) is 21.5. The number of carbonyl (C=O) groups is 2. The predicted octanol–water partition coefficient (Wildman–Crippen LogP) is -0.600. The molecular formula is C9H18N2O3. The lowest BCUT2D eigenvalue weighted by atomic mass is 10.2. The first-order valence-electron chi connectivity index (χ1n) is 4.75. The van der Waals surface area contributed by atoms with Crippen LogP contribution in [0.3, 0.4) is 0 Å². The van der Waals surface area contributed by atoms with Crippen LogP contribution in [0.4, 0.5) is 0 Å². The Hall–Kier alpha value is -1.10. The van der Waals surface area contributed by atoms with Crippen molar-refractivity contribution in [3.05, 3.63) is 0 Å². The molecule has 0 aliphatic heterocycles. The zero-order chi connectivity index (χ0) is 11.0.